The number of carbonyl (C=O) groups excluding carboxylic acids is 2. The highest BCUT2D eigenvalue weighted by Crippen LogP contribution is 2.43. The summed E-state index contributed by atoms with van der Waals surface area (Å²) in [6, 6.07) is -1.55. The molecule has 0 aromatic rings. The standard InChI is InChI=1S/C48H86NO10P/c1-3-5-7-9-11-13-15-17-19-20-21-22-23-24-26-28-30-32-34-36-38-40-47(52)57-41-44(50)42-58-60(55,56)59-43-45(48(53)54)49-46(51)39-37-35-33-31-29-27-25-18-16-14-12-10-8-6-4-2/h11-14,17-19,25,44-45,50H,3-10,15-16,20-24,26-43H2,1-2H3,(H,49,51)(H,53,54)(H,55,56)/b13-11-,14-12-,19-17-,25-18-. The molecule has 1 amide bonds. The van der Waals surface area contributed by atoms with Gasteiger partial charge in [0.1, 0.15) is 12.7 Å². The Morgan fingerprint density at radius 3 is 1.35 bits per heavy atom. The molecule has 3 unspecified atom stereocenters. The van der Waals surface area contributed by atoms with Gasteiger partial charge >= 0.3 is 19.8 Å². The molecule has 0 radical (unpaired) electrons. The fourth-order valence-electron chi connectivity index (χ4n) is 6.38. The van der Waals surface area contributed by atoms with Gasteiger partial charge < -0.3 is 25.2 Å². The first kappa shape index (κ1) is 57.4. The van der Waals surface area contributed by atoms with Crippen molar-refractivity contribution in [2.24, 2.45) is 0 Å². The number of phosphoric ester groups is 1. The molecule has 0 saturated heterocycles. The summed E-state index contributed by atoms with van der Waals surface area (Å²) < 4.78 is 26.9. The van der Waals surface area contributed by atoms with Crippen LogP contribution < -0.4 is 5.32 Å². The van der Waals surface area contributed by atoms with Crippen LogP contribution in [0.5, 0.6) is 0 Å². The topological polar surface area (TPSA) is 169 Å². The van der Waals surface area contributed by atoms with Crippen LogP contribution in [0.1, 0.15) is 206 Å². The van der Waals surface area contributed by atoms with Crippen LogP contribution in [0.15, 0.2) is 48.6 Å². The maximum atomic E-state index is 12.3. The van der Waals surface area contributed by atoms with Gasteiger partial charge in [-0.05, 0) is 77.0 Å². The molecule has 0 saturated carbocycles. The third-order valence-electron chi connectivity index (χ3n) is 10.1. The Labute approximate surface area is 364 Å². The Kier molecular flexibility index (Phi) is 41.3. The summed E-state index contributed by atoms with van der Waals surface area (Å²) in [6.45, 7) is 2.54. The van der Waals surface area contributed by atoms with Gasteiger partial charge in [-0.3, -0.25) is 18.6 Å². The summed E-state index contributed by atoms with van der Waals surface area (Å²) in [5, 5.41) is 21.9. The number of aliphatic hydroxyl groups is 1. The van der Waals surface area contributed by atoms with Crippen LogP contribution >= 0.6 is 7.82 Å². The molecule has 11 nitrogen and oxygen atoms in total. The number of rotatable bonds is 44. The van der Waals surface area contributed by atoms with E-state index in [-0.39, 0.29) is 12.8 Å². The van der Waals surface area contributed by atoms with Crippen molar-refractivity contribution in [3.8, 4) is 0 Å². The van der Waals surface area contributed by atoms with Crippen molar-refractivity contribution in [1.29, 1.82) is 0 Å². The molecule has 0 spiro atoms. The number of hydrogen-bond donors (Lipinski definition) is 4. The molecule has 0 aliphatic carbocycles. The minimum atomic E-state index is -4.76. The summed E-state index contributed by atoms with van der Waals surface area (Å²) in [7, 11) is -4.76. The Hall–Kier alpha value is -2.56. The second-order valence-electron chi connectivity index (χ2n) is 15.9. The Balaban J connectivity index is 3.86. The lowest BCUT2D eigenvalue weighted by molar-refractivity contribution is -0.147. The van der Waals surface area contributed by atoms with Crippen LogP contribution in [-0.4, -0.2) is 64.9 Å². The van der Waals surface area contributed by atoms with E-state index in [2.05, 4.69) is 67.8 Å². The van der Waals surface area contributed by atoms with Gasteiger partial charge in [0.2, 0.25) is 5.91 Å². The van der Waals surface area contributed by atoms with Gasteiger partial charge in [0.05, 0.1) is 13.2 Å². The Morgan fingerprint density at radius 2 is 0.917 bits per heavy atom. The summed E-state index contributed by atoms with van der Waals surface area (Å²) >= 11 is 0. The summed E-state index contributed by atoms with van der Waals surface area (Å²) in [6.07, 6.45) is 48.4. The maximum absolute atomic E-state index is 12.3. The monoisotopic (exact) mass is 868 g/mol. The fourth-order valence-corrected chi connectivity index (χ4v) is 7.15. The zero-order chi connectivity index (χ0) is 44.2. The average molecular weight is 868 g/mol. The molecule has 60 heavy (non-hydrogen) atoms. The van der Waals surface area contributed by atoms with Crippen molar-refractivity contribution >= 4 is 25.7 Å². The molecule has 0 fully saturated rings. The first-order valence-electron chi connectivity index (χ1n) is 23.7. The molecule has 0 heterocycles. The normalized spacial score (nSPS) is 14.1. The molecule has 0 rings (SSSR count). The molecule has 0 aliphatic heterocycles. The zero-order valence-electron chi connectivity index (χ0n) is 37.8. The van der Waals surface area contributed by atoms with Gasteiger partial charge in [0, 0.05) is 12.8 Å². The number of aliphatic carboxylic acids is 1. The van der Waals surface area contributed by atoms with E-state index in [0.29, 0.717) is 12.8 Å². The Bertz CT molecular complexity index is 1200. The number of carboxylic acids is 1. The number of amides is 1. The molecular weight excluding hydrogens is 781 g/mol. The maximum Gasteiger partial charge on any atom is 0.472 e. The molecule has 0 aromatic carbocycles. The SMILES string of the molecule is CCCCC/C=C\C/C=C\CCCCCCCCCCCCCC(=O)OCC(O)COP(=O)(O)OCC(NC(=O)CCCCCCC/C=C\C/C=C\CCCCC)C(=O)O. The minimum Gasteiger partial charge on any atom is -0.480 e. The number of phosphoric acid groups is 1. The lowest BCUT2D eigenvalue weighted by atomic mass is 10.0. The number of esters is 1. The van der Waals surface area contributed by atoms with E-state index in [1.54, 1.807) is 0 Å². The highest BCUT2D eigenvalue weighted by Gasteiger charge is 2.28. The van der Waals surface area contributed by atoms with E-state index in [1.807, 2.05) is 0 Å². The quantitative estimate of drug-likeness (QED) is 0.0200. The number of carbonyl (C=O) groups is 3. The first-order valence-corrected chi connectivity index (χ1v) is 25.2. The van der Waals surface area contributed by atoms with Gasteiger partial charge in [-0.25, -0.2) is 9.36 Å². The number of nitrogens with one attached hydrogen (secondary N) is 1. The first-order chi connectivity index (χ1) is 29.1. The highest BCUT2D eigenvalue weighted by atomic mass is 31.2. The third kappa shape index (κ3) is 42.1. The smallest absolute Gasteiger partial charge is 0.472 e. The van der Waals surface area contributed by atoms with Gasteiger partial charge in [0.15, 0.2) is 6.04 Å². The van der Waals surface area contributed by atoms with E-state index in [0.717, 1.165) is 70.6 Å². The van der Waals surface area contributed by atoms with Gasteiger partial charge in [-0.15, -0.1) is 0 Å². The molecule has 12 heteroatoms. The molecule has 0 bridgehead atoms. The fraction of sp³-hybridized carbons (Fsp3) is 0.771. The number of allylic oxidation sites excluding steroid dienone is 8. The second-order valence-corrected chi connectivity index (χ2v) is 17.4. The lowest BCUT2D eigenvalue weighted by Gasteiger charge is -2.18. The molecule has 0 aliphatic rings. The molecule has 348 valence electrons. The van der Waals surface area contributed by atoms with E-state index in [1.165, 1.54) is 96.3 Å². The number of aliphatic hydroxyl groups excluding tert-OH is 1. The van der Waals surface area contributed by atoms with E-state index >= 15 is 0 Å². The zero-order valence-corrected chi connectivity index (χ0v) is 38.6. The lowest BCUT2D eigenvalue weighted by Crippen LogP contribution is -2.43. The predicted molar refractivity (Wildman–Crippen MR) is 245 cm³/mol. The van der Waals surface area contributed by atoms with E-state index in [9.17, 15) is 34.1 Å². The predicted octanol–water partition coefficient (Wildman–Crippen LogP) is 12.6. The Morgan fingerprint density at radius 1 is 0.533 bits per heavy atom. The van der Waals surface area contributed by atoms with Crippen molar-refractivity contribution in [2.75, 3.05) is 19.8 Å². The highest BCUT2D eigenvalue weighted by molar-refractivity contribution is 7.47. The summed E-state index contributed by atoms with van der Waals surface area (Å²) in [5.74, 6) is -2.39. The number of carboxylic acid groups (broad SMARTS) is 1. The third-order valence-corrected chi connectivity index (χ3v) is 11.0. The van der Waals surface area contributed by atoms with Gasteiger partial charge in [-0.2, -0.15) is 0 Å². The number of unbranched alkanes of at least 4 members (excludes halogenated alkanes) is 22. The van der Waals surface area contributed by atoms with Crippen molar-refractivity contribution in [3.63, 3.8) is 0 Å². The largest absolute Gasteiger partial charge is 0.480 e. The average Bonchev–Trinajstić information content (AvgIpc) is 3.22. The van der Waals surface area contributed by atoms with Crippen LogP contribution in [0.2, 0.25) is 0 Å². The van der Waals surface area contributed by atoms with Gasteiger partial charge in [0.25, 0.3) is 0 Å². The van der Waals surface area contributed by atoms with Crippen LogP contribution in [0.3, 0.4) is 0 Å². The van der Waals surface area contributed by atoms with Crippen LogP contribution in [0, 0.1) is 0 Å². The summed E-state index contributed by atoms with van der Waals surface area (Å²) in [4.78, 5) is 46.0. The molecule has 0 aromatic heterocycles. The second kappa shape index (κ2) is 43.1. The summed E-state index contributed by atoms with van der Waals surface area (Å²) in [5.41, 5.74) is 0. The van der Waals surface area contributed by atoms with Crippen molar-refractivity contribution in [1.82, 2.24) is 5.32 Å². The van der Waals surface area contributed by atoms with Crippen LogP contribution in [-0.2, 0) is 32.7 Å². The van der Waals surface area contributed by atoms with Crippen molar-refractivity contribution in [3.05, 3.63) is 48.6 Å². The van der Waals surface area contributed by atoms with Crippen LogP contribution in [0.25, 0.3) is 0 Å². The molecular formula is C48H86NO10P. The van der Waals surface area contributed by atoms with Crippen molar-refractivity contribution < 1.29 is 47.8 Å². The minimum absolute atomic E-state index is 0.129. The number of hydrogen-bond acceptors (Lipinski definition) is 8. The molecule has 4 N–H and O–H groups in total. The number of ether oxygens (including phenoxy) is 1. The van der Waals surface area contributed by atoms with E-state index in [4.69, 9.17) is 13.8 Å². The van der Waals surface area contributed by atoms with Gasteiger partial charge in [-0.1, -0.05) is 165 Å². The van der Waals surface area contributed by atoms with E-state index < -0.39 is 57.6 Å². The molecule has 3 atom stereocenters. The van der Waals surface area contributed by atoms with Crippen LogP contribution in [0.4, 0.5) is 0 Å². The van der Waals surface area contributed by atoms with Crippen molar-refractivity contribution in [2.45, 2.75) is 219 Å².